The molecule has 1 aromatic carbocycles. The van der Waals surface area contributed by atoms with Crippen molar-refractivity contribution < 1.29 is 14.3 Å². The van der Waals surface area contributed by atoms with E-state index in [0.29, 0.717) is 19.7 Å². The molecular weight excluding hydrogens is 268 g/mol. The molecule has 0 fully saturated rings. The summed E-state index contributed by atoms with van der Waals surface area (Å²) in [5.74, 6) is 0.607. The number of ether oxygens (including phenoxy) is 2. The standard InChI is InChI=1S/C16H26N2O3/c1-12-5-6-15(14(11-12)7-8-17)21-13(2)16(19)18-9-4-10-20-3/h5-6,11,13H,4,7-10,17H2,1-3H3,(H,18,19). The van der Waals surface area contributed by atoms with Crippen LogP contribution in [0, 0.1) is 6.92 Å². The number of nitrogens with two attached hydrogens (primary N) is 1. The highest BCUT2D eigenvalue weighted by molar-refractivity contribution is 5.80. The van der Waals surface area contributed by atoms with Gasteiger partial charge in [-0.2, -0.15) is 0 Å². The van der Waals surface area contributed by atoms with Crippen molar-refractivity contribution in [3.05, 3.63) is 29.3 Å². The second-order valence-corrected chi connectivity index (χ2v) is 5.05. The number of methoxy groups -OCH3 is 1. The Bertz CT molecular complexity index is 449. The lowest BCUT2D eigenvalue weighted by atomic mass is 10.1. The molecule has 0 aromatic heterocycles. The van der Waals surface area contributed by atoms with E-state index in [9.17, 15) is 4.79 Å². The minimum absolute atomic E-state index is 0.120. The summed E-state index contributed by atoms with van der Waals surface area (Å²) < 4.78 is 10.7. The van der Waals surface area contributed by atoms with Gasteiger partial charge < -0.3 is 20.5 Å². The highest BCUT2D eigenvalue weighted by Crippen LogP contribution is 2.21. The topological polar surface area (TPSA) is 73.6 Å². The fourth-order valence-corrected chi connectivity index (χ4v) is 1.99. The minimum atomic E-state index is -0.535. The third-order valence-corrected chi connectivity index (χ3v) is 3.13. The first-order valence-electron chi connectivity index (χ1n) is 7.31. The van der Waals surface area contributed by atoms with Crippen molar-refractivity contribution in [1.29, 1.82) is 0 Å². The van der Waals surface area contributed by atoms with Gasteiger partial charge in [0.25, 0.3) is 5.91 Å². The zero-order valence-electron chi connectivity index (χ0n) is 13.1. The lowest BCUT2D eigenvalue weighted by Gasteiger charge is -2.17. The lowest BCUT2D eigenvalue weighted by molar-refractivity contribution is -0.127. The molecule has 1 atom stereocenters. The predicted molar refractivity (Wildman–Crippen MR) is 83.5 cm³/mol. The van der Waals surface area contributed by atoms with Crippen LogP contribution >= 0.6 is 0 Å². The molecule has 1 unspecified atom stereocenters. The van der Waals surface area contributed by atoms with Crippen LogP contribution in [0.5, 0.6) is 5.75 Å². The van der Waals surface area contributed by atoms with Crippen molar-refractivity contribution in [1.82, 2.24) is 5.32 Å². The smallest absolute Gasteiger partial charge is 0.260 e. The van der Waals surface area contributed by atoms with E-state index >= 15 is 0 Å². The number of nitrogens with one attached hydrogen (secondary N) is 1. The molecule has 0 saturated carbocycles. The number of amides is 1. The average molecular weight is 294 g/mol. The molecule has 5 heteroatoms. The first-order chi connectivity index (χ1) is 10.1. The molecule has 1 amide bonds. The van der Waals surface area contributed by atoms with Gasteiger partial charge in [0.15, 0.2) is 6.10 Å². The highest BCUT2D eigenvalue weighted by Gasteiger charge is 2.15. The SMILES string of the molecule is COCCCNC(=O)C(C)Oc1ccc(C)cc1CCN. The third kappa shape index (κ3) is 6.14. The summed E-state index contributed by atoms with van der Waals surface area (Å²) in [6, 6.07) is 5.92. The first-order valence-corrected chi connectivity index (χ1v) is 7.31. The van der Waals surface area contributed by atoms with Gasteiger partial charge in [-0.05, 0) is 44.9 Å². The maximum Gasteiger partial charge on any atom is 0.260 e. The van der Waals surface area contributed by atoms with E-state index < -0.39 is 6.10 Å². The van der Waals surface area contributed by atoms with E-state index in [2.05, 4.69) is 5.32 Å². The maximum atomic E-state index is 11.9. The Kier molecular flexibility index (Phi) is 7.79. The van der Waals surface area contributed by atoms with Crippen LogP contribution < -0.4 is 15.8 Å². The molecule has 0 spiro atoms. The van der Waals surface area contributed by atoms with E-state index in [1.165, 1.54) is 0 Å². The Morgan fingerprint density at radius 3 is 2.86 bits per heavy atom. The van der Waals surface area contributed by atoms with Crippen LogP contribution in [0.3, 0.4) is 0 Å². The summed E-state index contributed by atoms with van der Waals surface area (Å²) in [6.45, 7) is 5.54. The Hall–Kier alpha value is -1.59. The average Bonchev–Trinajstić information content (AvgIpc) is 2.46. The summed E-state index contributed by atoms with van der Waals surface area (Å²) in [5, 5.41) is 2.83. The Labute approximate surface area is 126 Å². The van der Waals surface area contributed by atoms with Crippen molar-refractivity contribution >= 4 is 5.91 Å². The molecule has 3 N–H and O–H groups in total. The van der Waals surface area contributed by atoms with Crippen LogP contribution in [0.2, 0.25) is 0 Å². The number of carbonyl (C=O) groups is 1. The van der Waals surface area contributed by atoms with Gasteiger partial charge in [-0.3, -0.25) is 4.79 Å². The Balaban J connectivity index is 2.57. The first kappa shape index (κ1) is 17.5. The van der Waals surface area contributed by atoms with E-state index in [0.717, 1.165) is 29.7 Å². The van der Waals surface area contributed by atoms with Gasteiger partial charge in [-0.15, -0.1) is 0 Å². The van der Waals surface area contributed by atoms with Crippen LogP contribution in [0.25, 0.3) is 0 Å². The van der Waals surface area contributed by atoms with Gasteiger partial charge in [-0.25, -0.2) is 0 Å². The Morgan fingerprint density at radius 1 is 1.43 bits per heavy atom. The summed E-state index contributed by atoms with van der Waals surface area (Å²) in [5.41, 5.74) is 7.81. The zero-order chi connectivity index (χ0) is 15.7. The van der Waals surface area contributed by atoms with Gasteiger partial charge in [-0.1, -0.05) is 17.7 Å². The van der Waals surface area contributed by atoms with Gasteiger partial charge in [0, 0.05) is 20.3 Å². The number of rotatable bonds is 9. The summed E-state index contributed by atoms with van der Waals surface area (Å²) in [4.78, 5) is 11.9. The predicted octanol–water partition coefficient (Wildman–Crippen LogP) is 1.42. The molecule has 0 heterocycles. The van der Waals surface area contributed by atoms with Crippen LogP contribution in [0.15, 0.2) is 18.2 Å². The number of benzene rings is 1. The molecule has 0 bridgehead atoms. The van der Waals surface area contributed by atoms with Crippen LogP contribution in [0.4, 0.5) is 0 Å². The molecule has 21 heavy (non-hydrogen) atoms. The maximum absolute atomic E-state index is 11.9. The summed E-state index contributed by atoms with van der Waals surface area (Å²) in [6.07, 6.45) is 0.990. The lowest BCUT2D eigenvalue weighted by Crippen LogP contribution is -2.37. The summed E-state index contributed by atoms with van der Waals surface area (Å²) in [7, 11) is 1.64. The second kappa shape index (κ2) is 9.37. The highest BCUT2D eigenvalue weighted by atomic mass is 16.5. The second-order valence-electron chi connectivity index (χ2n) is 5.05. The van der Waals surface area contributed by atoms with E-state index in [-0.39, 0.29) is 5.91 Å². The molecule has 0 radical (unpaired) electrons. The van der Waals surface area contributed by atoms with Crippen molar-refractivity contribution in [3.63, 3.8) is 0 Å². The minimum Gasteiger partial charge on any atom is -0.481 e. The van der Waals surface area contributed by atoms with Gasteiger partial charge in [0.1, 0.15) is 5.75 Å². The molecule has 0 aliphatic carbocycles. The molecular formula is C16H26N2O3. The molecule has 1 rings (SSSR count). The van der Waals surface area contributed by atoms with Crippen LogP contribution in [0.1, 0.15) is 24.5 Å². The molecule has 118 valence electrons. The summed E-state index contributed by atoms with van der Waals surface area (Å²) >= 11 is 0. The zero-order valence-corrected chi connectivity index (χ0v) is 13.1. The van der Waals surface area contributed by atoms with Crippen molar-refractivity contribution in [2.75, 3.05) is 26.8 Å². The largest absolute Gasteiger partial charge is 0.481 e. The molecule has 0 aliphatic heterocycles. The molecule has 5 nitrogen and oxygen atoms in total. The number of aryl methyl sites for hydroxylation is 1. The van der Waals surface area contributed by atoms with E-state index in [1.54, 1.807) is 14.0 Å². The van der Waals surface area contributed by atoms with Crippen molar-refractivity contribution in [2.24, 2.45) is 5.73 Å². The van der Waals surface area contributed by atoms with Gasteiger partial charge in [0.05, 0.1) is 0 Å². The van der Waals surface area contributed by atoms with Crippen molar-refractivity contribution in [2.45, 2.75) is 32.8 Å². The van der Waals surface area contributed by atoms with Crippen LogP contribution in [-0.4, -0.2) is 38.8 Å². The monoisotopic (exact) mass is 294 g/mol. The number of carbonyl (C=O) groups excluding carboxylic acids is 1. The number of hydrogen-bond donors (Lipinski definition) is 2. The molecule has 1 aromatic rings. The van der Waals surface area contributed by atoms with Gasteiger partial charge >= 0.3 is 0 Å². The Morgan fingerprint density at radius 2 is 2.19 bits per heavy atom. The quantitative estimate of drug-likeness (QED) is 0.676. The molecule has 0 aliphatic rings. The van der Waals surface area contributed by atoms with E-state index in [1.807, 2.05) is 25.1 Å². The third-order valence-electron chi connectivity index (χ3n) is 3.13. The van der Waals surface area contributed by atoms with E-state index in [4.69, 9.17) is 15.2 Å². The van der Waals surface area contributed by atoms with Gasteiger partial charge in [0.2, 0.25) is 0 Å². The normalized spacial score (nSPS) is 12.0. The fourth-order valence-electron chi connectivity index (χ4n) is 1.99. The number of hydrogen-bond acceptors (Lipinski definition) is 4. The fraction of sp³-hybridized carbons (Fsp3) is 0.562. The molecule has 0 saturated heterocycles. The van der Waals surface area contributed by atoms with Crippen molar-refractivity contribution in [3.8, 4) is 5.75 Å². The van der Waals surface area contributed by atoms with Crippen LogP contribution in [-0.2, 0) is 16.0 Å².